The van der Waals surface area contributed by atoms with Crippen LogP contribution in [0.25, 0.3) is 0 Å². The fraction of sp³-hybridized carbons (Fsp3) is 0.333. The zero-order valence-corrected chi connectivity index (χ0v) is 15.1. The lowest BCUT2D eigenvalue weighted by Crippen LogP contribution is -2.41. The highest BCUT2D eigenvalue weighted by Crippen LogP contribution is 2.20. The van der Waals surface area contributed by atoms with Gasteiger partial charge < -0.3 is 4.90 Å². The van der Waals surface area contributed by atoms with Crippen molar-refractivity contribution in [1.82, 2.24) is 9.97 Å². The highest BCUT2D eigenvalue weighted by Gasteiger charge is 2.26. The van der Waals surface area contributed by atoms with E-state index in [1.54, 1.807) is 17.0 Å². The molecule has 0 saturated carbocycles. The van der Waals surface area contributed by atoms with Crippen molar-refractivity contribution in [3.05, 3.63) is 48.2 Å². The molecule has 7 nitrogen and oxygen atoms in total. The zero-order chi connectivity index (χ0) is 18.1. The highest BCUT2D eigenvalue weighted by atomic mass is 32.3. The normalized spacial score (nSPS) is 17.3. The summed E-state index contributed by atoms with van der Waals surface area (Å²) in [4.78, 5) is 9.08. The lowest BCUT2D eigenvalue weighted by molar-refractivity contribution is 0.567. The average molecular weight is 384 g/mol. The van der Waals surface area contributed by atoms with Gasteiger partial charge in [-0.3, -0.25) is 0 Å². The minimum absolute atomic E-state index is 0.0169. The van der Waals surface area contributed by atoms with Crippen LogP contribution in [0.2, 0.25) is 0 Å². The second kappa shape index (κ2) is 6.68. The number of halogens is 1. The zero-order valence-electron chi connectivity index (χ0n) is 13.5. The van der Waals surface area contributed by atoms with Crippen LogP contribution in [0.5, 0.6) is 0 Å². The van der Waals surface area contributed by atoms with E-state index in [1.165, 1.54) is 24.5 Å². The molecule has 134 valence electrons. The Morgan fingerprint density at radius 3 is 2.32 bits per heavy atom. The summed E-state index contributed by atoms with van der Waals surface area (Å²) in [5.41, 5.74) is 0.919. The first kappa shape index (κ1) is 17.7. The lowest BCUT2D eigenvalue weighted by atomic mass is 10.2. The molecule has 10 heteroatoms. The molecule has 2 heterocycles. The fourth-order valence-corrected chi connectivity index (χ4v) is 6.53. The Bertz CT molecular complexity index is 986. The summed E-state index contributed by atoms with van der Waals surface area (Å²) in [5, 5.41) is 0. The van der Waals surface area contributed by atoms with Gasteiger partial charge in [0.25, 0.3) is 16.0 Å². The number of aryl methyl sites for hydroxylation is 1. The molecule has 0 amide bonds. The minimum Gasteiger partial charge on any atom is -0.351 e. The number of hydrogen-bond acceptors (Lipinski definition) is 6. The topological polar surface area (TPSA) is 92.6 Å². The second-order valence-corrected chi connectivity index (χ2v) is 10.1. The summed E-state index contributed by atoms with van der Waals surface area (Å²) in [6, 6.07) is 6.21. The number of benzene rings is 1. The first-order valence-electron chi connectivity index (χ1n) is 7.56. The van der Waals surface area contributed by atoms with Gasteiger partial charge >= 0.3 is 0 Å². The predicted octanol–water partition coefficient (Wildman–Crippen LogP) is 1.60. The van der Waals surface area contributed by atoms with Crippen LogP contribution in [0.15, 0.2) is 45.3 Å². The van der Waals surface area contributed by atoms with E-state index in [0.717, 1.165) is 5.56 Å². The fourth-order valence-electron chi connectivity index (χ4n) is 2.46. The summed E-state index contributed by atoms with van der Waals surface area (Å²) in [6.07, 6.45) is 2.62. The third kappa shape index (κ3) is 3.96. The van der Waals surface area contributed by atoms with Gasteiger partial charge in [0.15, 0.2) is 5.82 Å². The van der Waals surface area contributed by atoms with Gasteiger partial charge in [0.05, 0.1) is 26.1 Å². The molecule has 0 bridgehead atoms. The molecule has 0 N–H and O–H groups in total. The maximum atomic E-state index is 13.7. The SMILES string of the molecule is Cc1ccc(S(=O)(=O)N=S2(=O)CCN(c3nccnc3F)CC2)cc1. The van der Waals surface area contributed by atoms with E-state index in [9.17, 15) is 17.0 Å². The van der Waals surface area contributed by atoms with Gasteiger partial charge in [-0.05, 0) is 19.1 Å². The van der Waals surface area contributed by atoms with E-state index >= 15 is 0 Å². The number of nitrogens with zero attached hydrogens (tertiary/aromatic N) is 4. The number of aromatic nitrogens is 2. The summed E-state index contributed by atoms with van der Waals surface area (Å²) in [6.45, 7) is 2.23. The second-order valence-electron chi connectivity index (χ2n) is 5.70. The average Bonchev–Trinajstić information content (AvgIpc) is 2.56. The van der Waals surface area contributed by atoms with E-state index < -0.39 is 25.7 Å². The van der Waals surface area contributed by atoms with Crippen LogP contribution in [-0.2, 0) is 19.8 Å². The van der Waals surface area contributed by atoms with Crippen LogP contribution in [0.4, 0.5) is 10.2 Å². The Morgan fingerprint density at radius 1 is 1.12 bits per heavy atom. The van der Waals surface area contributed by atoms with Gasteiger partial charge in [0.2, 0.25) is 0 Å². The third-order valence-corrected chi connectivity index (χ3v) is 8.23. The van der Waals surface area contributed by atoms with Crippen molar-refractivity contribution in [2.45, 2.75) is 11.8 Å². The van der Waals surface area contributed by atoms with Crippen LogP contribution in [0, 0.1) is 12.9 Å². The molecule has 2 aromatic rings. The van der Waals surface area contributed by atoms with Crippen LogP contribution < -0.4 is 4.90 Å². The van der Waals surface area contributed by atoms with Gasteiger partial charge in [-0.15, -0.1) is 3.77 Å². The van der Waals surface area contributed by atoms with E-state index in [4.69, 9.17) is 0 Å². The summed E-state index contributed by atoms with van der Waals surface area (Å²) in [5.74, 6) is -0.590. The van der Waals surface area contributed by atoms with E-state index in [1.807, 2.05) is 6.92 Å². The van der Waals surface area contributed by atoms with Crippen molar-refractivity contribution < 1.29 is 17.0 Å². The standard InChI is InChI=1S/C15H17FN4O3S2/c1-12-2-4-13(5-3-12)25(22,23)19-24(21)10-8-20(9-11-24)15-14(16)17-6-7-18-15/h2-7H,8-11H2,1H3. The Morgan fingerprint density at radius 2 is 1.72 bits per heavy atom. The molecule has 0 aliphatic carbocycles. The van der Waals surface area contributed by atoms with E-state index in [2.05, 4.69) is 13.7 Å². The molecular formula is C15H17FN4O3S2. The molecular weight excluding hydrogens is 367 g/mol. The third-order valence-electron chi connectivity index (χ3n) is 3.85. The van der Waals surface area contributed by atoms with E-state index in [-0.39, 0.29) is 35.3 Å². The molecule has 0 radical (unpaired) electrons. The minimum atomic E-state index is -4.00. The number of sulfonamides is 1. The Hall–Kier alpha value is -2.07. The molecule has 0 atom stereocenters. The summed E-state index contributed by atoms with van der Waals surface area (Å²) < 4.78 is 55.0. The molecule has 0 spiro atoms. The Labute approximate surface area is 146 Å². The van der Waals surface area contributed by atoms with Crippen LogP contribution in [-0.4, -0.2) is 47.2 Å². The molecule has 0 unspecified atom stereocenters. The summed E-state index contributed by atoms with van der Waals surface area (Å²) in [7, 11) is -6.93. The molecule has 1 aliphatic heterocycles. The van der Waals surface area contributed by atoms with E-state index in [0.29, 0.717) is 0 Å². The van der Waals surface area contributed by atoms with Gasteiger partial charge in [0, 0.05) is 25.5 Å². The van der Waals surface area contributed by atoms with Gasteiger partial charge in [-0.2, -0.15) is 12.8 Å². The smallest absolute Gasteiger partial charge is 0.290 e. The maximum Gasteiger partial charge on any atom is 0.290 e. The first-order valence-corrected chi connectivity index (χ1v) is 10.9. The molecule has 1 aromatic heterocycles. The number of anilines is 1. The Kier molecular flexibility index (Phi) is 4.74. The molecule has 1 aliphatic rings. The van der Waals surface area contributed by atoms with Crippen molar-refractivity contribution in [3.8, 4) is 0 Å². The van der Waals surface area contributed by atoms with Crippen molar-refractivity contribution in [1.29, 1.82) is 0 Å². The van der Waals surface area contributed by atoms with Crippen molar-refractivity contribution in [2.75, 3.05) is 29.5 Å². The van der Waals surface area contributed by atoms with Gasteiger partial charge in [0.1, 0.15) is 0 Å². The highest BCUT2D eigenvalue weighted by molar-refractivity contribution is 8.03. The summed E-state index contributed by atoms with van der Waals surface area (Å²) >= 11 is 0. The van der Waals surface area contributed by atoms with Crippen molar-refractivity contribution in [2.24, 2.45) is 3.77 Å². The number of hydrogen-bond donors (Lipinski definition) is 0. The Balaban J connectivity index is 1.82. The predicted molar refractivity (Wildman–Crippen MR) is 92.9 cm³/mol. The molecule has 1 saturated heterocycles. The maximum absolute atomic E-state index is 13.7. The monoisotopic (exact) mass is 384 g/mol. The van der Waals surface area contributed by atoms with Crippen molar-refractivity contribution >= 4 is 25.6 Å². The first-order chi connectivity index (χ1) is 11.8. The molecule has 25 heavy (non-hydrogen) atoms. The van der Waals surface area contributed by atoms with Crippen LogP contribution >= 0.6 is 0 Å². The van der Waals surface area contributed by atoms with Gasteiger partial charge in [-0.25, -0.2) is 14.2 Å². The molecule has 3 rings (SSSR count). The quantitative estimate of drug-likeness (QED) is 0.798. The lowest BCUT2D eigenvalue weighted by Gasteiger charge is -2.29. The molecule has 1 aromatic carbocycles. The van der Waals surface area contributed by atoms with Crippen molar-refractivity contribution in [3.63, 3.8) is 0 Å². The largest absolute Gasteiger partial charge is 0.351 e. The van der Waals surface area contributed by atoms with Crippen LogP contribution in [0.1, 0.15) is 5.56 Å². The van der Waals surface area contributed by atoms with Crippen LogP contribution in [0.3, 0.4) is 0 Å². The molecule has 1 fully saturated rings. The number of rotatable bonds is 3. The van der Waals surface area contributed by atoms with Gasteiger partial charge in [-0.1, -0.05) is 17.7 Å².